The molecule has 8 heteroatoms. The zero-order valence-electron chi connectivity index (χ0n) is 13.7. The highest BCUT2D eigenvalue weighted by Crippen LogP contribution is 2.29. The van der Waals surface area contributed by atoms with Crippen molar-refractivity contribution in [3.63, 3.8) is 0 Å². The fourth-order valence-electron chi connectivity index (χ4n) is 2.14. The smallest absolute Gasteiger partial charge is 0.273 e. The van der Waals surface area contributed by atoms with E-state index in [1.807, 2.05) is 6.92 Å². The molecule has 0 aliphatic carbocycles. The molecule has 0 aliphatic heterocycles. The minimum atomic E-state index is -0.539. The number of nitro groups is 1. The summed E-state index contributed by atoms with van der Waals surface area (Å²) in [6.45, 7) is 1.75. The highest BCUT2D eigenvalue weighted by atomic mass is 35.5. The first kappa shape index (κ1) is 18.5. The zero-order valence-corrected chi connectivity index (χ0v) is 14.5. The highest BCUT2D eigenvalue weighted by molar-refractivity contribution is 6.31. The third-order valence-electron chi connectivity index (χ3n) is 3.44. The fraction of sp³-hybridized carbons (Fsp3) is 0.235. The third kappa shape index (κ3) is 4.84. The molecule has 0 unspecified atom stereocenters. The molecule has 2 aromatic rings. The Labute approximate surface area is 149 Å². The van der Waals surface area contributed by atoms with Crippen molar-refractivity contribution in [3.8, 4) is 11.5 Å². The van der Waals surface area contributed by atoms with E-state index < -0.39 is 10.8 Å². The van der Waals surface area contributed by atoms with Gasteiger partial charge in [-0.15, -0.1) is 0 Å². The van der Waals surface area contributed by atoms with Gasteiger partial charge in [0.15, 0.2) is 6.61 Å². The van der Waals surface area contributed by atoms with Crippen LogP contribution in [0, 0.1) is 10.1 Å². The van der Waals surface area contributed by atoms with Crippen LogP contribution in [0.25, 0.3) is 0 Å². The number of amides is 1. The number of nitrogens with zero attached hydrogens (tertiary/aromatic N) is 1. The number of methoxy groups -OCH3 is 1. The average molecular weight is 365 g/mol. The summed E-state index contributed by atoms with van der Waals surface area (Å²) in [5.74, 6) is 0.314. The number of non-ortho nitro benzene ring substituents is 1. The summed E-state index contributed by atoms with van der Waals surface area (Å²) < 4.78 is 10.5. The number of anilines is 1. The second kappa shape index (κ2) is 8.34. The predicted molar refractivity (Wildman–Crippen MR) is 94.6 cm³/mol. The normalized spacial score (nSPS) is 10.2. The summed E-state index contributed by atoms with van der Waals surface area (Å²) >= 11 is 6.04. The Morgan fingerprint density at radius 2 is 2.04 bits per heavy atom. The number of ether oxygens (including phenoxy) is 2. The van der Waals surface area contributed by atoms with Gasteiger partial charge in [0.2, 0.25) is 0 Å². The van der Waals surface area contributed by atoms with E-state index in [0.29, 0.717) is 16.5 Å². The quantitative estimate of drug-likeness (QED) is 0.595. The summed E-state index contributed by atoms with van der Waals surface area (Å²) in [6.07, 6.45) is 0.752. The Hall–Kier alpha value is -2.80. The van der Waals surface area contributed by atoms with Crippen molar-refractivity contribution < 1.29 is 19.2 Å². The van der Waals surface area contributed by atoms with Gasteiger partial charge in [-0.05, 0) is 36.2 Å². The molecule has 0 saturated carbocycles. The Bertz CT molecular complexity index is 795. The maximum Gasteiger partial charge on any atom is 0.273 e. The lowest BCUT2D eigenvalue weighted by Gasteiger charge is -2.11. The third-order valence-corrected chi connectivity index (χ3v) is 3.81. The van der Waals surface area contributed by atoms with Gasteiger partial charge in [-0.25, -0.2) is 0 Å². The molecule has 7 nitrogen and oxygen atoms in total. The fourth-order valence-corrected chi connectivity index (χ4v) is 2.39. The first-order valence-corrected chi connectivity index (χ1v) is 7.86. The Morgan fingerprint density at radius 1 is 1.28 bits per heavy atom. The number of carbonyl (C=O) groups is 1. The van der Waals surface area contributed by atoms with Crippen molar-refractivity contribution in [1.29, 1.82) is 0 Å². The molecule has 0 atom stereocenters. The summed E-state index contributed by atoms with van der Waals surface area (Å²) in [6, 6.07) is 9.11. The van der Waals surface area contributed by atoms with Crippen LogP contribution in [0.15, 0.2) is 36.4 Å². The molecule has 2 rings (SSSR count). The average Bonchev–Trinajstić information content (AvgIpc) is 2.61. The van der Waals surface area contributed by atoms with E-state index in [2.05, 4.69) is 5.32 Å². The van der Waals surface area contributed by atoms with Gasteiger partial charge in [0, 0.05) is 11.1 Å². The monoisotopic (exact) mass is 364 g/mol. The van der Waals surface area contributed by atoms with Crippen molar-refractivity contribution in [2.75, 3.05) is 19.0 Å². The Balaban J connectivity index is 2.02. The molecule has 0 aliphatic rings. The number of hydrogen-bond acceptors (Lipinski definition) is 5. The molecule has 1 N–H and O–H groups in total. The number of nitro benzene ring substituents is 1. The number of carbonyl (C=O) groups excluding carboxylic acids is 1. The molecule has 0 heterocycles. The number of nitrogens with one attached hydrogen (secondary N) is 1. The summed E-state index contributed by atoms with van der Waals surface area (Å²) in [5.41, 5.74) is 1.13. The maximum atomic E-state index is 12.0. The Kier molecular flexibility index (Phi) is 6.19. The second-order valence-corrected chi connectivity index (χ2v) is 5.49. The van der Waals surface area contributed by atoms with Gasteiger partial charge in [0.1, 0.15) is 11.5 Å². The van der Waals surface area contributed by atoms with E-state index in [-0.39, 0.29) is 18.0 Å². The number of halogens is 1. The second-order valence-electron chi connectivity index (χ2n) is 5.09. The number of rotatable bonds is 7. The van der Waals surface area contributed by atoms with Gasteiger partial charge in [-0.2, -0.15) is 0 Å². The van der Waals surface area contributed by atoms with Crippen molar-refractivity contribution >= 4 is 28.9 Å². The van der Waals surface area contributed by atoms with E-state index in [9.17, 15) is 14.9 Å². The first-order valence-electron chi connectivity index (χ1n) is 7.48. The van der Waals surface area contributed by atoms with Crippen LogP contribution in [0.1, 0.15) is 12.5 Å². The molecule has 1 amide bonds. The Morgan fingerprint density at radius 3 is 2.68 bits per heavy atom. The maximum absolute atomic E-state index is 12.0. The summed E-state index contributed by atoms with van der Waals surface area (Å²) in [5, 5.41) is 14.0. The number of benzene rings is 2. The molecule has 0 saturated heterocycles. The van der Waals surface area contributed by atoms with Crippen LogP contribution in [0.5, 0.6) is 11.5 Å². The molecule has 0 fully saturated rings. The summed E-state index contributed by atoms with van der Waals surface area (Å²) in [7, 11) is 1.37. The van der Waals surface area contributed by atoms with Gasteiger partial charge in [0.05, 0.1) is 23.8 Å². The lowest BCUT2D eigenvalue weighted by Crippen LogP contribution is -2.20. The van der Waals surface area contributed by atoms with Gasteiger partial charge >= 0.3 is 0 Å². The number of hydrogen-bond donors (Lipinski definition) is 1. The molecule has 0 radical (unpaired) electrons. The van der Waals surface area contributed by atoms with Crippen LogP contribution in [0.3, 0.4) is 0 Å². The van der Waals surface area contributed by atoms with Crippen molar-refractivity contribution in [3.05, 3.63) is 57.1 Å². The largest absolute Gasteiger partial charge is 0.494 e. The molecule has 2 aromatic carbocycles. The van der Waals surface area contributed by atoms with Crippen molar-refractivity contribution in [1.82, 2.24) is 0 Å². The first-order chi connectivity index (χ1) is 11.9. The van der Waals surface area contributed by atoms with E-state index in [0.717, 1.165) is 12.0 Å². The molecule has 0 aromatic heterocycles. The number of aryl methyl sites for hydroxylation is 1. The minimum absolute atomic E-state index is 0.126. The minimum Gasteiger partial charge on any atom is -0.494 e. The van der Waals surface area contributed by atoms with Crippen LogP contribution < -0.4 is 14.8 Å². The van der Waals surface area contributed by atoms with Crippen LogP contribution in [0.2, 0.25) is 5.02 Å². The molecular weight excluding hydrogens is 348 g/mol. The van der Waals surface area contributed by atoms with Crippen molar-refractivity contribution in [2.45, 2.75) is 13.3 Å². The van der Waals surface area contributed by atoms with Crippen LogP contribution in [0.4, 0.5) is 11.4 Å². The topological polar surface area (TPSA) is 90.7 Å². The predicted octanol–water partition coefficient (Wildman–Crippen LogP) is 3.84. The lowest BCUT2D eigenvalue weighted by molar-refractivity contribution is -0.384. The van der Waals surface area contributed by atoms with Crippen LogP contribution >= 0.6 is 11.6 Å². The standard InChI is InChI=1S/C17H17ClN2O5/c1-3-11-8-13(5-6-14(11)18)25-10-17(21)19-15-7-4-12(20(22)23)9-16(15)24-2/h4-9H,3,10H2,1-2H3,(H,19,21). The van der Waals surface area contributed by atoms with E-state index in [4.69, 9.17) is 21.1 Å². The van der Waals surface area contributed by atoms with Gasteiger partial charge in [0.25, 0.3) is 11.6 Å². The van der Waals surface area contributed by atoms with E-state index in [1.54, 1.807) is 18.2 Å². The van der Waals surface area contributed by atoms with Gasteiger partial charge in [-0.1, -0.05) is 18.5 Å². The zero-order chi connectivity index (χ0) is 18.4. The van der Waals surface area contributed by atoms with Gasteiger partial charge in [-0.3, -0.25) is 14.9 Å². The molecule has 0 spiro atoms. The molecule has 0 bridgehead atoms. The summed E-state index contributed by atoms with van der Waals surface area (Å²) in [4.78, 5) is 22.3. The molecule has 132 valence electrons. The van der Waals surface area contributed by atoms with E-state index >= 15 is 0 Å². The SMILES string of the molecule is CCc1cc(OCC(=O)Nc2ccc([N+](=O)[O-])cc2OC)ccc1Cl. The van der Waals surface area contributed by atoms with Gasteiger partial charge < -0.3 is 14.8 Å². The molecule has 25 heavy (non-hydrogen) atoms. The van der Waals surface area contributed by atoms with Crippen molar-refractivity contribution in [2.24, 2.45) is 0 Å². The molecular formula is C17H17ClN2O5. The highest BCUT2D eigenvalue weighted by Gasteiger charge is 2.14. The lowest BCUT2D eigenvalue weighted by atomic mass is 10.1. The van der Waals surface area contributed by atoms with E-state index in [1.165, 1.54) is 25.3 Å². The van der Waals surface area contributed by atoms with Crippen LogP contribution in [-0.2, 0) is 11.2 Å². The van der Waals surface area contributed by atoms with Crippen LogP contribution in [-0.4, -0.2) is 24.5 Å².